The van der Waals surface area contributed by atoms with Gasteiger partial charge in [-0.3, -0.25) is 9.59 Å². The predicted molar refractivity (Wildman–Crippen MR) is 146 cm³/mol. The van der Waals surface area contributed by atoms with Crippen LogP contribution in [0.3, 0.4) is 0 Å². The van der Waals surface area contributed by atoms with Gasteiger partial charge in [0, 0.05) is 34.8 Å². The van der Waals surface area contributed by atoms with Gasteiger partial charge < -0.3 is 10.2 Å². The first-order valence-electron chi connectivity index (χ1n) is 11.8. The van der Waals surface area contributed by atoms with Gasteiger partial charge in [0.15, 0.2) is 0 Å². The maximum atomic E-state index is 14.6. The number of rotatable bonds is 10. The Morgan fingerprint density at radius 1 is 0.944 bits per heavy atom. The minimum Gasteiger partial charge on any atom is -0.350 e. The number of carbonyl (C=O) groups is 2. The molecule has 190 valence electrons. The second kappa shape index (κ2) is 12.9. The largest absolute Gasteiger partial charge is 0.350 e. The molecule has 3 rings (SSSR count). The van der Waals surface area contributed by atoms with E-state index in [2.05, 4.69) is 5.32 Å². The number of hydrogen-bond donors (Lipinski definition) is 1. The molecule has 0 bridgehead atoms. The number of amides is 2. The summed E-state index contributed by atoms with van der Waals surface area (Å²) in [5, 5.41) is 3.67. The SMILES string of the molecule is CC(C)(C)NC(=O)C(Cc1ccccc1)N(Cc1ccccc1F)C(=O)CSCc1ccc(Cl)cc1. The van der Waals surface area contributed by atoms with Gasteiger partial charge in [-0.15, -0.1) is 11.8 Å². The highest BCUT2D eigenvalue weighted by Crippen LogP contribution is 2.21. The molecule has 7 heteroatoms. The summed E-state index contributed by atoms with van der Waals surface area (Å²) in [4.78, 5) is 28.6. The van der Waals surface area contributed by atoms with E-state index in [-0.39, 0.29) is 24.1 Å². The van der Waals surface area contributed by atoms with Gasteiger partial charge in [0.2, 0.25) is 11.8 Å². The average molecular weight is 527 g/mol. The molecule has 0 saturated carbocycles. The molecule has 0 aliphatic rings. The number of halogens is 2. The lowest BCUT2D eigenvalue weighted by atomic mass is 10.0. The standard InChI is InChI=1S/C29H32ClFN2O2S/c1-29(2,3)32-28(35)26(17-21-9-5-4-6-10-21)33(18-23-11-7-8-12-25(23)31)27(34)20-36-19-22-13-15-24(30)16-14-22/h4-16,26H,17-20H2,1-3H3,(H,32,35). The summed E-state index contributed by atoms with van der Waals surface area (Å²) in [6.07, 6.45) is 0.324. The average Bonchev–Trinajstić information content (AvgIpc) is 2.83. The van der Waals surface area contributed by atoms with Crippen molar-refractivity contribution in [2.45, 2.75) is 51.1 Å². The van der Waals surface area contributed by atoms with E-state index in [4.69, 9.17) is 11.6 Å². The van der Waals surface area contributed by atoms with Gasteiger partial charge in [0.05, 0.1) is 5.75 Å². The van der Waals surface area contributed by atoms with E-state index in [9.17, 15) is 14.0 Å². The molecule has 1 atom stereocenters. The molecule has 36 heavy (non-hydrogen) atoms. The fourth-order valence-corrected chi connectivity index (χ4v) is 4.73. The van der Waals surface area contributed by atoms with Crippen molar-refractivity contribution in [1.82, 2.24) is 10.2 Å². The number of nitrogens with zero attached hydrogens (tertiary/aromatic N) is 1. The van der Waals surface area contributed by atoms with Crippen molar-refractivity contribution in [3.05, 3.63) is 106 Å². The monoisotopic (exact) mass is 526 g/mol. The van der Waals surface area contributed by atoms with E-state index >= 15 is 0 Å². The molecule has 0 radical (unpaired) electrons. The van der Waals surface area contributed by atoms with Crippen molar-refractivity contribution >= 4 is 35.2 Å². The molecule has 0 aliphatic heterocycles. The first-order chi connectivity index (χ1) is 17.1. The van der Waals surface area contributed by atoms with Crippen LogP contribution in [0.1, 0.15) is 37.5 Å². The number of benzene rings is 3. The van der Waals surface area contributed by atoms with Gasteiger partial charge in [0.1, 0.15) is 11.9 Å². The number of thioether (sulfide) groups is 1. The summed E-state index contributed by atoms with van der Waals surface area (Å²) in [5.41, 5.74) is 1.85. The number of nitrogens with one attached hydrogen (secondary N) is 1. The summed E-state index contributed by atoms with van der Waals surface area (Å²) in [6, 6.07) is 22.6. The third-order valence-corrected chi connectivity index (χ3v) is 6.72. The highest BCUT2D eigenvalue weighted by Gasteiger charge is 2.32. The van der Waals surface area contributed by atoms with Crippen LogP contribution < -0.4 is 5.32 Å². The Kier molecular flexibility index (Phi) is 9.97. The quantitative estimate of drug-likeness (QED) is 0.339. The van der Waals surface area contributed by atoms with Crippen LogP contribution in [-0.4, -0.2) is 34.0 Å². The molecule has 0 aliphatic carbocycles. The van der Waals surface area contributed by atoms with E-state index in [0.29, 0.717) is 22.8 Å². The van der Waals surface area contributed by atoms with E-state index in [1.54, 1.807) is 18.2 Å². The zero-order valence-corrected chi connectivity index (χ0v) is 22.4. The molecular weight excluding hydrogens is 495 g/mol. The summed E-state index contributed by atoms with van der Waals surface area (Å²) in [6.45, 7) is 5.70. The summed E-state index contributed by atoms with van der Waals surface area (Å²) < 4.78 is 14.6. The minimum absolute atomic E-state index is 0.00206. The van der Waals surface area contributed by atoms with Gasteiger partial charge in [-0.05, 0) is 50.1 Å². The molecule has 4 nitrogen and oxygen atoms in total. The second-order valence-electron chi connectivity index (χ2n) is 9.68. The molecule has 1 unspecified atom stereocenters. The van der Waals surface area contributed by atoms with Gasteiger partial charge in [-0.25, -0.2) is 4.39 Å². The lowest BCUT2D eigenvalue weighted by Crippen LogP contribution is -2.54. The molecule has 3 aromatic rings. The summed E-state index contributed by atoms with van der Waals surface area (Å²) >= 11 is 7.42. The van der Waals surface area contributed by atoms with Crippen LogP contribution in [0.25, 0.3) is 0 Å². The van der Waals surface area contributed by atoms with Crippen LogP contribution in [0.5, 0.6) is 0 Å². The maximum absolute atomic E-state index is 14.6. The van der Waals surface area contributed by atoms with Crippen LogP contribution in [-0.2, 0) is 28.3 Å². The Balaban J connectivity index is 1.87. The lowest BCUT2D eigenvalue weighted by molar-refractivity contribution is -0.140. The smallest absolute Gasteiger partial charge is 0.243 e. The Morgan fingerprint density at radius 3 is 2.22 bits per heavy atom. The molecule has 2 amide bonds. The molecule has 3 aromatic carbocycles. The molecule has 0 spiro atoms. The Bertz CT molecular complexity index is 1150. The van der Waals surface area contributed by atoms with Crippen LogP contribution in [0, 0.1) is 5.82 Å². The first-order valence-corrected chi connectivity index (χ1v) is 13.4. The van der Waals surface area contributed by atoms with Crippen molar-refractivity contribution < 1.29 is 14.0 Å². The fraction of sp³-hybridized carbons (Fsp3) is 0.310. The molecule has 0 aromatic heterocycles. The van der Waals surface area contributed by atoms with Crippen LogP contribution in [0.4, 0.5) is 4.39 Å². The van der Waals surface area contributed by atoms with Gasteiger partial charge >= 0.3 is 0 Å². The Labute approximate surface area is 222 Å². The third-order valence-electron chi connectivity index (χ3n) is 5.48. The minimum atomic E-state index is -0.796. The van der Waals surface area contributed by atoms with Gasteiger partial charge in [0.25, 0.3) is 0 Å². The summed E-state index contributed by atoms with van der Waals surface area (Å²) in [5.74, 6) is -0.112. The molecule has 1 N–H and O–H groups in total. The van der Waals surface area contributed by atoms with Crippen LogP contribution in [0.2, 0.25) is 5.02 Å². The highest BCUT2D eigenvalue weighted by atomic mass is 35.5. The Hall–Kier alpha value is -2.83. The van der Waals surface area contributed by atoms with Crippen LogP contribution in [0.15, 0.2) is 78.9 Å². The van der Waals surface area contributed by atoms with Crippen LogP contribution >= 0.6 is 23.4 Å². The topological polar surface area (TPSA) is 49.4 Å². The zero-order valence-electron chi connectivity index (χ0n) is 20.8. The van der Waals surface area contributed by atoms with Crippen molar-refractivity contribution in [1.29, 1.82) is 0 Å². The molecular formula is C29H32ClFN2O2S. The molecule has 0 heterocycles. The molecule has 0 fully saturated rings. The summed E-state index contributed by atoms with van der Waals surface area (Å²) in [7, 11) is 0. The first kappa shape index (κ1) is 27.8. The van der Waals surface area contributed by atoms with Gasteiger partial charge in [-0.2, -0.15) is 0 Å². The zero-order chi connectivity index (χ0) is 26.1. The predicted octanol–water partition coefficient (Wildman–Crippen LogP) is 6.27. The highest BCUT2D eigenvalue weighted by molar-refractivity contribution is 7.99. The second-order valence-corrected chi connectivity index (χ2v) is 11.1. The van der Waals surface area contributed by atoms with Crippen molar-refractivity contribution in [2.75, 3.05) is 5.75 Å². The van der Waals surface area contributed by atoms with Crippen molar-refractivity contribution in [2.24, 2.45) is 0 Å². The van der Waals surface area contributed by atoms with E-state index in [1.807, 2.05) is 75.4 Å². The fourth-order valence-electron chi connectivity index (χ4n) is 3.74. The maximum Gasteiger partial charge on any atom is 0.243 e. The van der Waals surface area contributed by atoms with Crippen molar-refractivity contribution in [3.63, 3.8) is 0 Å². The number of hydrogen-bond acceptors (Lipinski definition) is 3. The molecule has 0 saturated heterocycles. The number of carbonyl (C=O) groups excluding carboxylic acids is 2. The van der Waals surface area contributed by atoms with E-state index in [0.717, 1.165) is 11.1 Å². The van der Waals surface area contributed by atoms with Gasteiger partial charge in [-0.1, -0.05) is 72.3 Å². The lowest BCUT2D eigenvalue weighted by Gasteiger charge is -2.34. The third kappa shape index (κ3) is 8.68. The Morgan fingerprint density at radius 2 is 1.58 bits per heavy atom. The normalized spacial score (nSPS) is 12.1. The van der Waals surface area contributed by atoms with E-state index in [1.165, 1.54) is 22.7 Å². The van der Waals surface area contributed by atoms with Crippen molar-refractivity contribution in [3.8, 4) is 0 Å². The van der Waals surface area contributed by atoms with E-state index < -0.39 is 17.4 Å².